The molecule has 178 valence electrons. The molecule has 0 saturated carbocycles. The highest BCUT2D eigenvalue weighted by Crippen LogP contribution is 2.34. The predicted octanol–water partition coefficient (Wildman–Crippen LogP) is 5.28. The second-order valence-corrected chi connectivity index (χ2v) is 8.25. The number of ether oxygens (including phenoxy) is 2. The number of hydrogen-bond donors (Lipinski definition) is 0. The molecule has 2 unspecified atom stereocenters. The number of aromatic nitrogens is 1. The number of likely N-dealkylation sites (N-methyl/N-ethyl adjacent to an activating group) is 1. The van der Waals surface area contributed by atoms with Gasteiger partial charge in [-0.25, -0.2) is 4.98 Å². The normalized spacial score (nSPS) is 12.8. The number of hydrogen-bond acceptors (Lipinski definition) is 5. The first-order valence-corrected chi connectivity index (χ1v) is 11.0. The van der Waals surface area contributed by atoms with Gasteiger partial charge in [0.25, 0.3) is 11.6 Å². The zero-order valence-electron chi connectivity index (χ0n) is 19.6. The predicted molar refractivity (Wildman–Crippen MR) is 130 cm³/mol. The largest absolute Gasteiger partial charge is 0.475 e. The summed E-state index contributed by atoms with van der Waals surface area (Å²) in [5, 5.41) is 0. The molecule has 0 aliphatic rings. The van der Waals surface area contributed by atoms with Gasteiger partial charge in [0.1, 0.15) is 12.4 Å². The Balaban J connectivity index is 2.19. The third kappa shape index (κ3) is 6.81. The summed E-state index contributed by atoms with van der Waals surface area (Å²) >= 11 is 0. The minimum atomic E-state index is -3.05. The van der Waals surface area contributed by atoms with Crippen molar-refractivity contribution in [3.63, 3.8) is 0 Å². The molecule has 33 heavy (non-hydrogen) atoms. The Morgan fingerprint density at radius 1 is 1.33 bits per heavy atom. The first-order chi connectivity index (χ1) is 15.5. The van der Waals surface area contributed by atoms with Crippen LogP contribution in [0.3, 0.4) is 0 Å². The number of alkyl halides is 2. The molecule has 2 aromatic rings. The minimum Gasteiger partial charge on any atom is -0.475 e. The topological polar surface area (TPSA) is 64.0 Å². The third-order valence-corrected chi connectivity index (χ3v) is 5.43. The van der Waals surface area contributed by atoms with Crippen LogP contribution in [0, 0.1) is 6.92 Å². The van der Waals surface area contributed by atoms with E-state index >= 15 is 0 Å². The van der Waals surface area contributed by atoms with Gasteiger partial charge < -0.3 is 14.4 Å². The fourth-order valence-corrected chi connectivity index (χ4v) is 3.43. The van der Waals surface area contributed by atoms with Gasteiger partial charge in [-0.15, -0.1) is 0 Å². The summed E-state index contributed by atoms with van der Waals surface area (Å²) in [4.78, 5) is 23.0. The maximum Gasteiger partial charge on any atom is 0.285 e. The van der Waals surface area contributed by atoms with Crippen LogP contribution in [0.4, 0.5) is 8.78 Å². The SMILES string of the molecule is C=C(O/C(C)=N\C)c1c(C)cccc1C(=O)N(CC)C(C)COc1ccc(C(F)(F)P)cn1. The van der Waals surface area contributed by atoms with Crippen molar-refractivity contribution >= 4 is 26.8 Å². The number of aliphatic imine (C=N–C) groups is 1. The van der Waals surface area contributed by atoms with Crippen LogP contribution >= 0.6 is 9.24 Å². The van der Waals surface area contributed by atoms with E-state index in [1.807, 2.05) is 32.9 Å². The van der Waals surface area contributed by atoms with Crippen molar-refractivity contribution in [3.05, 3.63) is 65.4 Å². The average molecular weight is 477 g/mol. The van der Waals surface area contributed by atoms with Crippen LogP contribution in [-0.2, 0) is 10.4 Å². The highest BCUT2D eigenvalue weighted by atomic mass is 31.0. The maximum absolute atomic E-state index is 13.5. The molecule has 6 nitrogen and oxygen atoms in total. The Morgan fingerprint density at radius 2 is 2.03 bits per heavy atom. The fraction of sp³-hybridized carbons (Fsp3) is 0.375. The highest BCUT2D eigenvalue weighted by Gasteiger charge is 2.26. The molecule has 0 N–H and O–H groups in total. The van der Waals surface area contributed by atoms with Crippen molar-refractivity contribution < 1.29 is 23.0 Å². The molecule has 9 heteroatoms. The van der Waals surface area contributed by atoms with Crippen molar-refractivity contribution in [3.8, 4) is 5.88 Å². The van der Waals surface area contributed by atoms with Crippen LogP contribution in [0.5, 0.6) is 5.88 Å². The zero-order valence-corrected chi connectivity index (χ0v) is 20.7. The van der Waals surface area contributed by atoms with Gasteiger partial charge in [0.2, 0.25) is 5.88 Å². The molecule has 1 heterocycles. The number of benzene rings is 1. The molecule has 0 aliphatic heterocycles. The van der Waals surface area contributed by atoms with Crippen LogP contribution < -0.4 is 4.74 Å². The summed E-state index contributed by atoms with van der Waals surface area (Å²) in [5.41, 5.74) is -1.35. The first-order valence-electron chi connectivity index (χ1n) is 10.5. The fourth-order valence-electron chi connectivity index (χ4n) is 3.26. The lowest BCUT2D eigenvalue weighted by Crippen LogP contribution is -2.42. The maximum atomic E-state index is 13.5. The summed E-state index contributed by atoms with van der Waals surface area (Å²) in [6, 6.07) is 7.76. The third-order valence-electron chi connectivity index (χ3n) is 5.10. The molecule has 0 radical (unpaired) electrons. The monoisotopic (exact) mass is 477 g/mol. The Morgan fingerprint density at radius 3 is 2.58 bits per heavy atom. The Kier molecular flexibility index (Phi) is 9.06. The lowest BCUT2D eigenvalue weighted by molar-refractivity contribution is 0.0645. The molecule has 0 spiro atoms. The van der Waals surface area contributed by atoms with Crippen molar-refractivity contribution in [2.24, 2.45) is 4.99 Å². The minimum absolute atomic E-state index is 0.142. The average Bonchev–Trinajstić information content (AvgIpc) is 2.77. The Labute approximate surface area is 195 Å². The molecule has 2 atom stereocenters. The number of carbonyl (C=O) groups is 1. The second kappa shape index (κ2) is 11.3. The lowest BCUT2D eigenvalue weighted by atomic mass is 9.99. The van der Waals surface area contributed by atoms with Gasteiger partial charge in [-0.1, -0.05) is 28.0 Å². The summed E-state index contributed by atoms with van der Waals surface area (Å²) in [7, 11) is 3.09. The molecule has 1 aromatic carbocycles. The molecule has 1 aromatic heterocycles. The van der Waals surface area contributed by atoms with Gasteiger partial charge in [-0.2, -0.15) is 8.78 Å². The van der Waals surface area contributed by atoms with Crippen molar-refractivity contribution in [1.82, 2.24) is 9.88 Å². The molecule has 0 bridgehead atoms. The number of amides is 1. The standard InChI is InChI=1S/C24H30F2N3O3P/c1-7-29(16(3)14-31-21-12-11-19(13-28-21)24(25,26)33)23(30)20-10-8-9-15(2)22(20)17(4)32-18(5)27-6/h8-13,16H,4,7,14,33H2,1-3,5-6H3/b27-18-. The number of halogens is 2. The summed E-state index contributed by atoms with van der Waals surface area (Å²) < 4.78 is 38.0. The Hall–Kier alpha value is -2.86. The quantitative estimate of drug-likeness (QED) is 0.213. The number of rotatable bonds is 9. The number of nitrogens with zero attached hydrogens (tertiary/aromatic N) is 3. The van der Waals surface area contributed by atoms with Crippen LogP contribution in [-0.4, -0.2) is 47.9 Å². The lowest BCUT2D eigenvalue weighted by Gasteiger charge is -2.29. The summed E-state index contributed by atoms with van der Waals surface area (Å²) in [6.07, 6.45) is 1.07. The molecular weight excluding hydrogens is 447 g/mol. The van der Waals surface area contributed by atoms with Gasteiger partial charge in [-0.3, -0.25) is 9.79 Å². The molecular formula is C24H30F2N3O3P. The van der Waals surface area contributed by atoms with E-state index < -0.39 is 5.66 Å². The molecule has 1 amide bonds. The van der Waals surface area contributed by atoms with Gasteiger partial charge in [0.15, 0.2) is 5.90 Å². The highest BCUT2D eigenvalue weighted by molar-refractivity contribution is 7.17. The van der Waals surface area contributed by atoms with Crippen molar-refractivity contribution in [2.45, 2.75) is 39.4 Å². The van der Waals surface area contributed by atoms with Gasteiger partial charge in [0, 0.05) is 43.9 Å². The van der Waals surface area contributed by atoms with E-state index in [9.17, 15) is 13.6 Å². The van der Waals surface area contributed by atoms with E-state index in [-0.39, 0.29) is 30.0 Å². The van der Waals surface area contributed by atoms with E-state index in [4.69, 9.17) is 9.47 Å². The van der Waals surface area contributed by atoms with Crippen LogP contribution in [0.15, 0.2) is 48.1 Å². The van der Waals surface area contributed by atoms with E-state index in [0.717, 1.165) is 11.8 Å². The van der Waals surface area contributed by atoms with E-state index in [0.29, 0.717) is 29.3 Å². The number of aryl methyl sites for hydroxylation is 1. The molecule has 0 saturated heterocycles. The zero-order chi connectivity index (χ0) is 24.8. The number of carbonyl (C=O) groups excluding carboxylic acids is 1. The molecule has 2 rings (SSSR count). The first kappa shape index (κ1) is 26.4. The smallest absolute Gasteiger partial charge is 0.285 e. The van der Waals surface area contributed by atoms with Crippen molar-refractivity contribution in [2.75, 3.05) is 20.2 Å². The molecule has 0 fully saturated rings. The van der Waals surface area contributed by atoms with Crippen LogP contribution in [0.2, 0.25) is 0 Å². The van der Waals surface area contributed by atoms with Crippen LogP contribution in [0.1, 0.15) is 47.8 Å². The van der Waals surface area contributed by atoms with E-state index in [2.05, 4.69) is 16.6 Å². The van der Waals surface area contributed by atoms with E-state index in [1.165, 1.54) is 21.4 Å². The van der Waals surface area contributed by atoms with Crippen molar-refractivity contribution in [1.29, 1.82) is 0 Å². The van der Waals surface area contributed by atoms with E-state index in [1.54, 1.807) is 24.9 Å². The van der Waals surface area contributed by atoms with Gasteiger partial charge in [0.05, 0.1) is 11.6 Å². The summed E-state index contributed by atoms with van der Waals surface area (Å²) in [6.45, 7) is 11.9. The molecule has 0 aliphatic carbocycles. The Bertz CT molecular complexity index is 1020. The summed E-state index contributed by atoms with van der Waals surface area (Å²) in [5.74, 6) is 0.785. The van der Waals surface area contributed by atoms with Crippen LogP contribution in [0.25, 0.3) is 5.76 Å². The second-order valence-electron chi connectivity index (χ2n) is 7.52. The number of pyridine rings is 1. The van der Waals surface area contributed by atoms with Gasteiger partial charge >= 0.3 is 0 Å². The van der Waals surface area contributed by atoms with Gasteiger partial charge in [-0.05, 0) is 38.5 Å².